The molecular weight excluding hydrogens is 275 g/mol. The van der Waals surface area contributed by atoms with E-state index < -0.39 is 7.60 Å². The molecule has 0 bridgehead atoms. The zero-order valence-electron chi connectivity index (χ0n) is 9.95. The van der Waals surface area contributed by atoms with Gasteiger partial charge in [0.05, 0.1) is 6.16 Å². The van der Waals surface area contributed by atoms with Crippen LogP contribution in [0.15, 0.2) is 0 Å². The van der Waals surface area contributed by atoms with Crippen molar-refractivity contribution in [1.82, 2.24) is 10.8 Å². The Balaban J connectivity index is -0.00000112. The second kappa shape index (κ2) is 17.1. The van der Waals surface area contributed by atoms with E-state index in [0.717, 1.165) is 25.8 Å². The van der Waals surface area contributed by atoms with Crippen molar-refractivity contribution in [1.29, 1.82) is 0 Å². The molecule has 0 saturated heterocycles. The van der Waals surface area contributed by atoms with Gasteiger partial charge in [-0.15, -0.1) is 0 Å². The number of nitrogens with two attached hydrogens (primary N) is 1. The van der Waals surface area contributed by atoms with Crippen LogP contribution in [-0.2, 0) is 9.19 Å². The fourth-order valence-electron chi connectivity index (χ4n) is 1.12. The van der Waals surface area contributed by atoms with Gasteiger partial charge in [0.15, 0.2) is 0 Å². The molecule has 0 spiro atoms. The molecule has 102 valence electrons. The van der Waals surface area contributed by atoms with E-state index in [2.05, 4.69) is 10.8 Å². The average Bonchev–Trinajstić information content (AvgIpc) is 2.23. The first kappa shape index (κ1) is 25.0. The van der Waals surface area contributed by atoms with Crippen molar-refractivity contribution >= 4 is 66.7 Å². The van der Waals surface area contributed by atoms with E-state index in [4.69, 9.17) is 10.4 Å². The summed E-state index contributed by atoms with van der Waals surface area (Å²) in [7, 11) is -3.44. The summed E-state index contributed by atoms with van der Waals surface area (Å²) in [5.74, 6) is 0. The van der Waals surface area contributed by atoms with Gasteiger partial charge in [0.1, 0.15) is 0 Å². The number of hydroxylamine groups is 1. The van der Waals surface area contributed by atoms with Crippen LogP contribution in [0.4, 0.5) is 0 Å². The first-order valence-corrected chi connectivity index (χ1v) is 7.52. The molecule has 0 radical (unpaired) electrons. The molecule has 0 aromatic rings. The standard InChI is InChI=1S/C9H24N3O3P.2Na.2H/c1-2-3-4-9-16(13,14)15-12-8-7-11-6-5-10;;;;/h11-12H,2-10H2,1H3,(H,13,14);;;;. The molecule has 1 atom stereocenters. The van der Waals surface area contributed by atoms with Gasteiger partial charge in [0, 0.05) is 26.2 Å². The first-order chi connectivity index (χ1) is 7.62. The van der Waals surface area contributed by atoms with Gasteiger partial charge in [-0.3, -0.25) is 4.57 Å². The molecule has 0 aliphatic heterocycles. The van der Waals surface area contributed by atoms with Crippen molar-refractivity contribution in [2.24, 2.45) is 5.73 Å². The molecule has 6 nitrogen and oxygen atoms in total. The molecule has 0 aliphatic rings. The summed E-state index contributed by atoms with van der Waals surface area (Å²) in [4.78, 5) is 9.37. The van der Waals surface area contributed by atoms with Gasteiger partial charge in [-0.25, -0.2) is 4.62 Å². The molecule has 9 heteroatoms. The SMILES string of the molecule is CCCCCP(=O)(O)ONCCNCCN.[NaH].[NaH]. The Morgan fingerprint density at radius 2 is 1.89 bits per heavy atom. The Kier molecular flexibility index (Phi) is 23.7. The third-order valence-corrected chi connectivity index (χ3v) is 3.27. The third-order valence-electron chi connectivity index (χ3n) is 1.98. The molecule has 18 heavy (non-hydrogen) atoms. The van der Waals surface area contributed by atoms with E-state index in [1.54, 1.807) is 0 Å². The number of hydrogen-bond acceptors (Lipinski definition) is 5. The first-order valence-electron chi connectivity index (χ1n) is 5.76. The predicted octanol–water partition coefficient (Wildman–Crippen LogP) is -0.865. The number of unbranched alkanes of at least 4 members (excludes halogenated alkanes) is 2. The van der Waals surface area contributed by atoms with Crippen molar-refractivity contribution in [3.8, 4) is 0 Å². The summed E-state index contributed by atoms with van der Waals surface area (Å²) in [5.41, 5.74) is 7.78. The summed E-state index contributed by atoms with van der Waals surface area (Å²) in [6.07, 6.45) is 2.91. The Labute approximate surface area is 154 Å². The van der Waals surface area contributed by atoms with Crippen LogP contribution in [0.25, 0.3) is 0 Å². The average molecular weight is 301 g/mol. The molecule has 0 rings (SSSR count). The van der Waals surface area contributed by atoms with Crippen molar-refractivity contribution in [3.63, 3.8) is 0 Å². The van der Waals surface area contributed by atoms with Crippen molar-refractivity contribution in [3.05, 3.63) is 0 Å². The van der Waals surface area contributed by atoms with Crippen molar-refractivity contribution in [2.45, 2.75) is 26.2 Å². The zero-order valence-corrected chi connectivity index (χ0v) is 10.8. The van der Waals surface area contributed by atoms with E-state index in [9.17, 15) is 9.46 Å². The summed E-state index contributed by atoms with van der Waals surface area (Å²) in [5, 5.41) is 3.03. The second-order valence-corrected chi connectivity index (χ2v) is 5.50. The molecule has 0 saturated carbocycles. The van der Waals surface area contributed by atoms with E-state index in [-0.39, 0.29) is 65.3 Å². The van der Waals surface area contributed by atoms with Gasteiger partial charge in [0.25, 0.3) is 0 Å². The topological polar surface area (TPSA) is 96.6 Å². The quantitative estimate of drug-likeness (QED) is 0.172. The van der Waals surface area contributed by atoms with Crippen LogP contribution in [0.2, 0.25) is 0 Å². The van der Waals surface area contributed by atoms with Gasteiger partial charge >= 0.3 is 66.7 Å². The van der Waals surface area contributed by atoms with Crippen LogP contribution in [0.3, 0.4) is 0 Å². The van der Waals surface area contributed by atoms with Crippen LogP contribution in [0.1, 0.15) is 26.2 Å². The maximum absolute atomic E-state index is 11.4. The van der Waals surface area contributed by atoms with E-state index in [1.807, 2.05) is 6.92 Å². The van der Waals surface area contributed by atoms with Gasteiger partial charge in [-0.1, -0.05) is 19.8 Å². The normalized spacial score (nSPS) is 13.3. The van der Waals surface area contributed by atoms with Gasteiger partial charge in [-0.05, 0) is 6.42 Å². The summed E-state index contributed by atoms with van der Waals surface area (Å²) in [6.45, 7) is 4.50. The molecule has 0 aromatic heterocycles. The van der Waals surface area contributed by atoms with Crippen molar-refractivity contribution in [2.75, 3.05) is 32.3 Å². The Morgan fingerprint density at radius 3 is 2.44 bits per heavy atom. The summed E-state index contributed by atoms with van der Waals surface area (Å²) < 4.78 is 16.2. The molecule has 0 aliphatic carbocycles. The van der Waals surface area contributed by atoms with Crippen LogP contribution in [0, 0.1) is 0 Å². The summed E-state index contributed by atoms with van der Waals surface area (Å²) >= 11 is 0. The zero-order chi connectivity index (χ0) is 12.3. The Morgan fingerprint density at radius 1 is 1.22 bits per heavy atom. The third kappa shape index (κ3) is 18.0. The minimum atomic E-state index is -3.44. The molecule has 5 N–H and O–H groups in total. The minimum absolute atomic E-state index is 0. The molecule has 1 unspecified atom stereocenters. The Bertz CT molecular complexity index is 213. The van der Waals surface area contributed by atoms with E-state index >= 15 is 0 Å². The number of hydrogen-bond donors (Lipinski definition) is 4. The van der Waals surface area contributed by atoms with Crippen molar-refractivity contribution < 1.29 is 14.1 Å². The molecule has 0 heterocycles. The van der Waals surface area contributed by atoms with Gasteiger partial charge < -0.3 is 15.9 Å². The fourth-order valence-corrected chi connectivity index (χ4v) is 2.13. The molecule has 0 aromatic carbocycles. The number of rotatable bonds is 11. The fraction of sp³-hybridized carbons (Fsp3) is 1.00. The van der Waals surface area contributed by atoms with E-state index in [1.165, 1.54) is 0 Å². The van der Waals surface area contributed by atoms with Crippen LogP contribution >= 0.6 is 7.60 Å². The van der Waals surface area contributed by atoms with Gasteiger partial charge in [-0.2, -0.15) is 5.48 Å². The second-order valence-electron chi connectivity index (χ2n) is 3.59. The van der Waals surface area contributed by atoms with Gasteiger partial charge in [0.2, 0.25) is 0 Å². The Hall–Kier alpha value is 2.03. The van der Waals surface area contributed by atoms with E-state index in [0.29, 0.717) is 19.6 Å². The number of nitrogens with one attached hydrogen (secondary N) is 2. The molecular formula is C9H26N3Na2O3P. The maximum atomic E-state index is 11.4. The molecule has 0 amide bonds. The predicted molar refractivity (Wildman–Crippen MR) is 79.5 cm³/mol. The monoisotopic (exact) mass is 301 g/mol. The summed E-state index contributed by atoms with van der Waals surface area (Å²) in [6, 6.07) is 0. The van der Waals surface area contributed by atoms with Crippen LogP contribution < -0.4 is 16.5 Å². The van der Waals surface area contributed by atoms with Crippen LogP contribution in [0.5, 0.6) is 0 Å². The molecule has 0 fully saturated rings. The van der Waals surface area contributed by atoms with Crippen LogP contribution in [-0.4, -0.2) is 96.3 Å².